The van der Waals surface area contributed by atoms with Gasteiger partial charge >= 0.3 is 0 Å². The number of aliphatic imine (C=N–C) groups is 1. The molecule has 1 atom stereocenters. The fourth-order valence-corrected chi connectivity index (χ4v) is 1.41. The van der Waals surface area contributed by atoms with E-state index < -0.39 is 0 Å². The van der Waals surface area contributed by atoms with Gasteiger partial charge in [-0.3, -0.25) is 4.99 Å². The lowest BCUT2D eigenvalue weighted by Crippen LogP contribution is -2.24. The highest BCUT2D eigenvalue weighted by Crippen LogP contribution is 2.13. The molecule has 4 nitrogen and oxygen atoms in total. The Morgan fingerprint density at radius 3 is 2.82 bits per heavy atom. The number of nitrogens with two attached hydrogens (primary N) is 2. The molecule has 1 rings (SSSR count). The summed E-state index contributed by atoms with van der Waals surface area (Å²) >= 11 is 0. The average Bonchev–Trinajstić information content (AvgIpc) is 2.31. The van der Waals surface area contributed by atoms with Gasteiger partial charge in [0.25, 0.3) is 0 Å². The molecule has 4 N–H and O–H groups in total. The first-order valence-electron chi connectivity index (χ1n) is 3.92. The van der Waals surface area contributed by atoms with Gasteiger partial charge in [-0.2, -0.15) is 0 Å². The van der Waals surface area contributed by atoms with Crippen molar-refractivity contribution in [1.29, 1.82) is 0 Å². The van der Waals surface area contributed by atoms with Crippen LogP contribution < -0.4 is 11.5 Å². The zero-order valence-corrected chi connectivity index (χ0v) is 6.95. The standard InChI is InChI=1S/C7H16N4/c1-11-3-2-6(5-11)4-10-7(8)9/h6H,2-5H2,1H3,(H4,8,9,10). The molecule has 0 bridgehead atoms. The van der Waals surface area contributed by atoms with Gasteiger partial charge in [0, 0.05) is 13.1 Å². The van der Waals surface area contributed by atoms with E-state index in [1.807, 2.05) is 0 Å². The molecule has 0 aromatic rings. The Labute approximate surface area is 67.3 Å². The molecule has 1 heterocycles. The van der Waals surface area contributed by atoms with Gasteiger partial charge < -0.3 is 16.4 Å². The summed E-state index contributed by atoms with van der Waals surface area (Å²) in [5.41, 5.74) is 10.4. The maximum absolute atomic E-state index is 5.22. The molecule has 1 aliphatic heterocycles. The van der Waals surface area contributed by atoms with Gasteiger partial charge in [0.2, 0.25) is 0 Å². The summed E-state index contributed by atoms with van der Waals surface area (Å²) in [6, 6.07) is 0. The minimum absolute atomic E-state index is 0.208. The van der Waals surface area contributed by atoms with E-state index in [1.165, 1.54) is 13.0 Å². The summed E-state index contributed by atoms with van der Waals surface area (Å²) in [4.78, 5) is 6.29. The molecule has 0 spiro atoms. The van der Waals surface area contributed by atoms with E-state index in [4.69, 9.17) is 11.5 Å². The van der Waals surface area contributed by atoms with E-state index in [1.54, 1.807) is 0 Å². The second-order valence-corrected chi connectivity index (χ2v) is 3.18. The van der Waals surface area contributed by atoms with Crippen LogP contribution in [0.5, 0.6) is 0 Å². The molecule has 11 heavy (non-hydrogen) atoms. The van der Waals surface area contributed by atoms with Crippen LogP contribution >= 0.6 is 0 Å². The van der Waals surface area contributed by atoms with Crippen LogP contribution in [-0.4, -0.2) is 37.5 Å². The molecular weight excluding hydrogens is 140 g/mol. The van der Waals surface area contributed by atoms with Crippen molar-refractivity contribution < 1.29 is 0 Å². The van der Waals surface area contributed by atoms with Crippen LogP contribution in [0.2, 0.25) is 0 Å². The van der Waals surface area contributed by atoms with Crippen LogP contribution in [0.1, 0.15) is 6.42 Å². The highest BCUT2D eigenvalue weighted by Gasteiger charge is 2.18. The molecule has 0 amide bonds. The number of rotatable bonds is 2. The van der Waals surface area contributed by atoms with E-state index in [0.29, 0.717) is 5.92 Å². The van der Waals surface area contributed by atoms with Crippen molar-refractivity contribution in [2.24, 2.45) is 22.4 Å². The molecular formula is C7H16N4. The molecule has 0 aromatic heterocycles. The number of nitrogens with zero attached hydrogens (tertiary/aromatic N) is 2. The van der Waals surface area contributed by atoms with E-state index in [2.05, 4.69) is 16.9 Å². The van der Waals surface area contributed by atoms with Crippen LogP contribution in [-0.2, 0) is 0 Å². The Morgan fingerprint density at radius 1 is 1.64 bits per heavy atom. The van der Waals surface area contributed by atoms with Crippen molar-refractivity contribution >= 4 is 5.96 Å². The van der Waals surface area contributed by atoms with Crippen molar-refractivity contribution in [3.05, 3.63) is 0 Å². The summed E-state index contributed by atoms with van der Waals surface area (Å²) in [5.74, 6) is 0.863. The van der Waals surface area contributed by atoms with Gasteiger partial charge in [-0.15, -0.1) is 0 Å². The zero-order valence-electron chi connectivity index (χ0n) is 6.95. The Kier molecular flexibility index (Phi) is 2.70. The van der Waals surface area contributed by atoms with Gasteiger partial charge in [-0.05, 0) is 25.9 Å². The molecule has 4 heteroatoms. The Balaban J connectivity index is 2.23. The number of hydrogen-bond donors (Lipinski definition) is 2. The largest absolute Gasteiger partial charge is 0.370 e. The van der Waals surface area contributed by atoms with Crippen LogP contribution in [0.25, 0.3) is 0 Å². The van der Waals surface area contributed by atoms with Gasteiger partial charge in [0.05, 0.1) is 0 Å². The van der Waals surface area contributed by atoms with Crippen molar-refractivity contribution in [2.45, 2.75) is 6.42 Å². The first-order chi connectivity index (χ1) is 5.18. The Morgan fingerprint density at radius 2 is 2.36 bits per heavy atom. The normalized spacial score (nSPS) is 25.4. The first-order valence-corrected chi connectivity index (χ1v) is 3.92. The lowest BCUT2D eigenvalue weighted by atomic mass is 10.1. The summed E-state index contributed by atoms with van der Waals surface area (Å²) in [6.45, 7) is 3.08. The van der Waals surface area contributed by atoms with E-state index in [9.17, 15) is 0 Å². The van der Waals surface area contributed by atoms with Crippen LogP contribution in [0.4, 0.5) is 0 Å². The molecule has 1 unspecified atom stereocenters. The van der Waals surface area contributed by atoms with E-state index in [0.717, 1.165) is 13.1 Å². The summed E-state index contributed by atoms with van der Waals surface area (Å²) in [6.07, 6.45) is 1.22. The fraction of sp³-hybridized carbons (Fsp3) is 0.857. The second-order valence-electron chi connectivity index (χ2n) is 3.18. The molecule has 0 radical (unpaired) electrons. The zero-order chi connectivity index (χ0) is 8.27. The van der Waals surface area contributed by atoms with Gasteiger partial charge in [0.1, 0.15) is 0 Å². The monoisotopic (exact) mass is 156 g/mol. The predicted octanol–water partition coefficient (Wildman–Crippen LogP) is -0.788. The number of likely N-dealkylation sites (tertiary alicyclic amines) is 1. The van der Waals surface area contributed by atoms with Gasteiger partial charge in [0.15, 0.2) is 5.96 Å². The minimum atomic E-state index is 0.208. The van der Waals surface area contributed by atoms with Gasteiger partial charge in [-0.1, -0.05) is 0 Å². The third-order valence-corrected chi connectivity index (χ3v) is 2.02. The fourth-order valence-electron chi connectivity index (χ4n) is 1.41. The molecule has 64 valence electrons. The van der Waals surface area contributed by atoms with E-state index in [-0.39, 0.29) is 5.96 Å². The second kappa shape index (κ2) is 3.57. The third-order valence-electron chi connectivity index (χ3n) is 2.02. The Hall–Kier alpha value is -0.770. The van der Waals surface area contributed by atoms with E-state index >= 15 is 0 Å². The van der Waals surface area contributed by atoms with Crippen molar-refractivity contribution in [1.82, 2.24) is 4.90 Å². The number of hydrogen-bond acceptors (Lipinski definition) is 2. The number of guanidine groups is 1. The third kappa shape index (κ3) is 2.76. The van der Waals surface area contributed by atoms with Crippen LogP contribution in [0.3, 0.4) is 0 Å². The highest BCUT2D eigenvalue weighted by molar-refractivity contribution is 5.75. The average molecular weight is 156 g/mol. The van der Waals surface area contributed by atoms with Crippen molar-refractivity contribution in [3.63, 3.8) is 0 Å². The maximum atomic E-state index is 5.22. The highest BCUT2D eigenvalue weighted by atomic mass is 15.1. The molecule has 1 fully saturated rings. The van der Waals surface area contributed by atoms with Crippen LogP contribution in [0.15, 0.2) is 4.99 Å². The topological polar surface area (TPSA) is 67.6 Å². The quantitative estimate of drug-likeness (QED) is 0.407. The maximum Gasteiger partial charge on any atom is 0.185 e. The van der Waals surface area contributed by atoms with Crippen molar-refractivity contribution in [3.8, 4) is 0 Å². The molecule has 1 aliphatic rings. The minimum Gasteiger partial charge on any atom is -0.370 e. The SMILES string of the molecule is CN1CCC(CN=C(N)N)C1. The van der Waals surface area contributed by atoms with Gasteiger partial charge in [-0.25, -0.2) is 0 Å². The lowest BCUT2D eigenvalue weighted by molar-refractivity contribution is 0.397. The predicted molar refractivity (Wildman–Crippen MR) is 46.3 cm³/mol. The molecule has 0 saturated carbocycles. The first kappa shape index (κ1) is 8.33. The summed E-state index contributed by atoms with van der Waals surface area (Å²) in [7, 11) is 2.12. The molecule has 0 aromatic carbocycles. The molecule has 0 aliphatic carbocycles. The summed E-state index contributed by atoms with van der Waals surface area (Å²) < 4.78 is 0. The lowest BCUT2D eigenvalue weighted by Gasteiger charge is -2.06. The molecule has 1 saturated heterocycles. The van der Waals surface area contributed by atoms with Crippen LogP contribution in [0, 0.1) is 5.92 Å². The smallest absolute Gasteiger partial charge is 0.185 e. The van der Waals surface area contributed by atoms with Crippen molar-refractivity contribution in [2.75, 3.05) is 26.7 Å². The Bertz CT molecular complexity index is 151. The summed E-state index contributed by atoms with van der Waals surface area (Å²) in [5, 5.41) is 0.